The Bertz CT molecular complexity index is 1840. The van der Waals surface area contributed by atoms with Crippen LogP contribution in [0.5, 0.6) is 0 Å². The van der Waals surface area contributed by atoms with E-state index in [1.54, 1.807) is 58.3 Å². The van der Waals surface area contributed by atoms with Crippen LogP contribution < -0.4 is 5.32 Å². The quantitative estimate of drug-likeness (QED) is 0.162. The van der Waals surface area contributed by atoms with Crippen molar-refractivity contribution in [1.82, 2.24) is 15.1 Å². The lowest BCUT2D eigenvalue weighted by Gasteiger charge is -1.94. The Morgan fingerprint density at radius 1 is 0.620 bits per heavy atom. The molecule has 0 rings (SSSR count). The van der Waals surface area contributed by atoms with Crippen LogP contribution in [0.1, 0.15) is 82.6 Å². The number of hydrogen-bond acceptors (Lipinski definition) is 14. The molecule has 0 unspecified atom stereocenters. The predicted octanol–water partition coefficient (Wildman–Crippen LogP) is 8.52. The highest BCUT2D eigenvalue weighted by Crippen LogP contribution is 1.89. The van der Waals surface area contributed by atoms with Gasteiger partial charge < -0.3 is 38.8 Å². The SMILES string of the molecule is C#CCC.C#CN(C)C.C#COC.C#CSC.C#CSCC.C#C[S@](C)=O.CC#CN(C)C.CC#CNC.CC#COC.CC#COC.CC#COC.CC#COCC.CC#CS(C)(=O)=O.CC#CSC. The van der Waals surface area contributed by atoms with Crippen LogP contribution in [0.2, 0.25) is 0 Å². The van der Waals surface area contributed by atoms with Crippen LogP contribution >= 0.6 is 35.3 Å². The minimum Gasteiger partial charge on any atom is -0.450 e. The van der Waals surface area contributed by atoms with Gasteiger partial charge in [0.2, 0.25) is 9.84 Å². The highest BCUT2D eigenvalue weighted by molar-refractivity contribution is 8.04. The van der Waals surface area contributed by atoms with Gasteiger partial charge in [-0.15, -0.1) is 31.6 Å². The molecule has 0 amide bonds. The first-order valence-electron chi connectivity index (χ1n) is 19.6. The summed E-state index contributed by atoms with van der Waals surface area (Å²) in [6, 6.07) is 7.76. The molecule has 71 heavy (non-hydrogen) atoms. The zero-order chi connectivity index (χ0) is 59.3. The second-order valence-electron chi connectivity index (χ2n) is 9.36. The van der Waals surface area contributed by atoms with E-state index in [9.17, 15) is 12.6 Å². The number of nitrogens with zero attached hydrogens (tertiary/aromatic N) is 2. The molecule has 11 nitrogen and oxygen atoms in total. The molecule has 0 fully saturated rings. The summed E-state index contributed by atoms with van der Waals surface area (Å²) in [4.78, 5) is 3.47. The fraction of sp³-hybridized carbons (Fsp3) is 0.491. The van der Waals surface area contributed by atoms with Gasteiger partial charge in [0.05, 0.1) is 52.1 Å². The van der Waals surface area contributed by atoms with Crippen molar-refractivity contribution in [2.45, 2.75) is 82.6 Å². The second-order valence-corrected chi connectivity index (χ2v) is 14.6. The number of terminal acetylenes is 6. The van der Waals surface area contributed by atoms with Gasteiger partial charge in [0, 0.05) is 105 Å². The van der Waals surface area contributed by atoms with Crippen LogP contribution in [0.3, 0.4) is 0 Å². The van der Waals surface area contributed by atoms with Gasteiger partial charge in [-0.1, -0.05) is 109 Å². The standard InChI is InChI=1S/C5H9N.C5H8O.2C4H7N.C4H6O2S.3C4H6O.2C4H6S.C4H6.C3H4OS.C3H4O.C3H4S/c1-4-5-6(2)3;1-3-5-6-4-2;1-4-5(2)3;1-3-4-5-2;1-3-4-7(2,5)6;4*1-3-4-5-2;1-3-5-4-2;1-3-4-2;1-3-5(2)4;2*1-3-4-2/h1-3H3;4H2,1-2H3;1H,2-3H3;5H,1-2H3;1-2H3;4*1-2H3;1H,4H2,2H3;1H,4H2,2H3;1H,2H3;2*1H,2H3/t;;;;;;;;;;;5-;;/m...........0../s1. The number of rotatable bonds is 2. The molecule has 0 radical (unpaired) electrons. The minimum atomic E-state index is -3.04. The lowest BCUT2D eigenvalue weighted by Crippen LogP contribution is -2.00. The van der Waals surface area contributed by atoms with Crippen molar-refractivity contribution in [3.05, 3.63) is 0 Å². The molecular formula is C55H85N3O8S5. The number of hydrogen-bond donors (Lipinski definition) is 1. The van der Waals surface area contributed by atoms with Crippen molar-refractivity contribution in [2.75, 3.05) is 101 Å². The van der Waals surface area contributed by atoms with Gasteiger partial charge in [-0.05, 0) is 68.1 Å². The Morgan fingerprint density at radius 3 is 1.00 bits per heavy atom. The van der Waals surface area contributed by atoms with Crippen molar-refractivity contribution in [2.24, 2.45) is 0 Å². The fourth-order valence-electron chi connectivity index (χ4n) is 1.17. The van der Waals surface area contributed by atoms with Crippen molar-refractivity contribution in [3.63, 3.8) is 0 Å². The zero-order valence-corrected chi connectivity index (χ0v) is 51.4. The van der Waals surface area contributed by atoms with E-state index in [4.69, 9.17) is 25.7 Å². The van der Waals surface area contributed by atoms with E-state index in [2.05, 4.69) is 153 Å². The molecular weight excluding hydrogens is 991 g/mol. The number of sulfone groups is 1. The fourth-order valence-corrected chi connectivity index (χ4v) is 1.91. The van der Waals surface area contributed by atoms with Crippen molar-refractivity contribution < 1.29 is 36.3 Å². The molecule has 0 heterocycles. The van der Waals surface area contributed by atoms with Crippen LogP contribution in [0.4, 0.5) is 0 Å². The van der Waals surface area contributed by atoms with Gasteiger partial charge in [0.15, 0.2) is 0 Å². The average Bonchev–Trinajstić information content (AvgIpc) is 3.34. The Balaban J connectivity index is -0.0000000412. The molecule has 398 valence electrons. The van der Waals surface area contributed by atoms with Crippen LogP contribution in [-0.4, -0.2) is 123 Å². The first-order valence-corrected chi connectivity index (χ1v) is 26.5. The van der Waals surface area contributed by atoms with E-state index in [0.29, 0.717) is 6.61 Å². The molecule has 0 aromatic heterocycles. The number of nitrogens with one attached hydrogen (secondary N) is 1. The molecule has 0 bridgehead atoms. The van der Waals surface area contributed by atoms with Crippen molar-refractivity contribution in [3.8, 4) is 167 Å². The molecule has 16 heteroatoms. The summed E-state index contributed by atoms with van der Waals surface area (Å²) in [6.07, 6.45) is 47.1. The van der Waals surface area contributed by atoms with Crippen LogP contribution in [0.25, 0.3) is 0 Å². The first kappa shape index (κ1) is 102. The molecule has 1 atom stereocenters. The van der Waals surface area contributed by atoms with Crippen LogP contribution in [-0.2, 0) is 44.3 Å². The highest BCUT2D eigenvalue weighted by Gasteiger charge is 1.87. The minimum absolute atomic E-state index is 0.681. The maximum absolute atomic E-state index is 10.1. The van der Waals surface area contributed by atoms with Gasteiger partial charge in [0.25, 0.3) is 0 Å². The Labute approximate surface area is 455 Å². The number of thioether (sulfide) groups is 3. The molecule has 0 spiro atoms. The molecule has 0 aliphatic rings. The molecule has 0 aromatic rings. The van der Waals surface area contributed by atoms with Gasteiger partial charge in [-0.25, -0.2) is 12.6 Å². The third-order valence-electron chi connectivity index (χ3n) is 3.10. The van der Waals surface area contributed by atoms with E-state index >= 15 is 0 Å². The van der Waals surface area contributed by atoms with Gasteiger partial charge >= 0.3 is 0 Å². The van der Waals surface area contributed by atoms with E-state index < -0.39 is 20.6 Å². The molecule has 0 aliphatic heterocycles. The summed E-state index contributed by atoms with van der Waals surface area (Å²) >= 11 is 4.42. The van der Waals surface area contributed by atoms with E-state index in [1.807, 2.05) is 96.8 Å². The lowest BCUT2D eigenvalue weighted by atomic mass is 10.5. The van der Waals surface area contributed by atoms with Crippen molar-refractivity contribution in [1.29, 1.82) is 0 Å². The zero-order valence-electron chi connectivity index (χ0n) is 47.3. The molecule has 0 saturated carbocycles. The summed E-state index contributed by atoms with van der Waals surface area (Å²) in [6.45, 7) is 20.4. The maximum atomic E-state index is 10.1. The lowest BCUT2D eigenvalue weighted by molar-refractivity contribution is 0.299. The average molecular weight is 1080 g/mol. The smallest absolute Gasteiger partial charge is 0.213 e. The largest absolute Gasteiger partial charge is 0.450 e. The van der Waals surface area contributed by atoms with E-state index in [0.717, 1.165) is 18.4 Å². The Hall–Kier alpha value is -6.61. The predicted molar refractivity (Wildman–Crippen MR) is 321 cm³/mol. The third-order valence-corrected chi connectivity index (χ3v) is 5.11. The maximum Gasteiger partial charge on any atom is 0.213 e. The molecule has 0 aromatic carbocycles. The summed E-state index contributed by atoms with van der Waals surface area (Å²) in [5.74, 6) is 24.1. The Morgan fingerprint density at radius 2 is 0.986 bits per heavy atom. The monoisotopic (exact) mass is 1080 g/mol. The summed E-state index contributed by atoms with van der Waals surface area (Å²) in [5.41, 5.74) is 0. The number of ether oxygens (including phenoxy) is 5. The summed E-state index contributed by atoms with van der Waals surface area (Å²) < 4.78 is 51.5. The molecule has 1 N–H and O–H groups in total. The van der Waals surface area contributed by atoms with Crippen LogP contribution in [0, 0.1) is 167 Å². The Kier molecular flexibility index (Phi) is 197. The van der Waals surface area contributed by atoms with Gasteiger partial charge in [-0.2, -0.15) is 0 Å². The topological polar surface area (TPSA) is 116 Å². The van der Waals surface area contributed by atoms with Crippen molar-refractivity contribution >= 4 is 55.9 Å². The highest BCUT2D eigenvalue weighted by atomic mass is 32.2. The normalized spacial score (nSPS) is 6.06. The third kappa shape index (κ3) is 477. The van der Waals surface area contributed by atoms with E-state index in [-0.39, 0.29) is 0 Å². The summed E-state index contributed by atoms with van der Waals surface area (Å²) in [5, 5.41) is 14.2. The summed E-state index contributed by atoms with van der Waals surface area (Å²) in [7, 11) is 11.2. The molecule has 0 aliphatic carbocycles. The number of methoxy groups -OCH3 is 4. The van der Waals surface area contributed by atoms with Gasteiger partial charge in [0.1, 0.15) is 30.5 Å². The van der Waals surface area contributed by atoms with Crippen LogP contribution in [0.15, 0.2) is 0 Å². The molecule has 0 saturated heterocycles. The first-order chi connectivity index (χ1) is 33.5. The second kappa shape index (κ2) is 137. The van der Waals surface area contributed by atoms with E-state index in [1.165, 1.54) is 65.1 Å². The van der Waals surface area contributed by atoms with Gasteiger partial charge in [-0.3, -0.25) is 0 Å².